The molecule has 1 aliphatic carbocycles. The van der Waals surface area contributed by atoms with Gasteiger partial charge in [-0.3, -0.25) is 4.79 Å². The van der Waals surface area contributed by atoms with Crippen LogP contribution in [-0.4, -0.2) is 63.3 Å². The Balaban J connectivity index is 0.00000363. The molecule has 0 aromatic heterocycles. The molecule has 0 radical (unpaired) electrons. The Hall–Kier alpha value is -1.39. The van der Waals surface area contributed by atoms with Crippen LogP contribution in [0.1, 0.15) is 44.6 Å². The van der Waals surface area contributed by atoms with Crippen molar-refractivity contribution in [2.24, 2.45) is 16.8 Å². The summed E-state index contributed by atoms with van der Waals surface area (Å²) >= 11 is 0. The number of nitrogens with zero attached hydrogens (tertiary/aromatic N) is 2. The summed E-state index contributed by atoms with van der Waals surface area (Å²) in [6.07, 6.45) is 5.46. The van der Waals surface area contributed by atoms with E-state index in [0.29, 0.717) is 25.7 Å². The van der Waals surface area contributed by atoms with Crippen molar-refractivity contribution < 1.29 is 14.3 Å². The van der Waals surface area contributed by atoms with Crippen LogP contribution in [0.25, 0.3) is 0 Å². The predicted molar refractivity (Wildman–Crippen MR) is 140 cm³/mol. The Bertz CT molecular complexity index is 725. The molecular formula is C24H39IN4O3. The summed E-state index contributed by atoms with van der Waals surface area (Å²) in [6.45, 7) is 7.51. The normalized spacial score (nSPS) is 19.1. The minimum absolute atomic E-state index is 0. The van der Waals surface area contributed by atoms with Crippen LogP contribution < -0.4 is 10.6 Å². The summed E-state index contributed by atoms with van der Waals surface area (Å²) in [7, 11) is 1.69. The zero-order valence-corrected chi connectivity index (χ0v) is 21.8. The number of aliphatic imine (C=N–C) groups is 1. The Kier molecular flexibility index (Phi) is 12.3. The molecule has 1 saturated carbocycles. The average molecular weight is 559 g/mol. The van der Waals surface area contributed by atoms with Gasteiger partial charge in [0.1, 0.15) is 0 Å². The Morgan fingerprint density at radius 3 is 2.78 bits per heavy atom. The van der Waals surface area contributed by atoms with Gasteiger partial charge in [0, 0.05) is 44.3 Å². The number of nitrogens with one attached hydrogen (secondary N) is 2. The van der Waals surface area contributed by atoms with Crippen molar-refractivity contribution in [3.8, 4) is 0 Å². The van der Waals surface area contributed by atoms with Gasteiger partial charge >= 0.3 is 0 Å². The van der Waals surface area contributed by atoms with Crippen LogP contribution in [0, 0.1) is 11.8 Å². The number of amides is 1. The number of likely N-dealkylation sites (tertiary alicyclic amines) is 1. The van der Waals surface area contributed by atoms with Crippen LogP contribution in [0.4, 0.5) is 5.69 Å². The molecule has 32 heavy (non-hydrogen) atoms. The second-order valence-electron chi connectivity index (χ2n) is 8.51. The van der Waals surface area contributed by atoms with E-state index in [2.05, 4.69) is 28.5 Å². The third-order valence-corrected chi connectivity index (χ3v) is 6.04. The largest absolute Gasteiger partial charge is 0.382 e. The van der Waals surface area contributed by atoms with Gasteiger partial charge < -0.3 is 25.0 Å². The zero-order valence-electron chi connectivity index (χ0n) is 19.5. The lowest BCUT2D eigenvalue weighted by Crippen LogP contribution is -2.40. The Labute approximate surface area is 209 Å². The number of methoxy groups -OCH3 is 1. The smallest absolute Gasteiger partial charge is 0.227 e. The number of rotatable bonds is 10. The third kappa shape index (κ3) is 8.51. The minimum Gasteiger partial charge on any atom is -0.382 e. The maximum absolute atomic E-state index is 12.4. The van der Waals surface area contributed by atoms with Crippen LogP contribution in [0.2, 0.25) is 0 Å². The van der Waals surface area contributed by atoms with E-state index in [9.17, 15) is 4.79 Å². The van der Waals surface area contributed by atoms with Crippen LogP contribution in [0.15, 0.2) is 29.3 Å². The summed E-state index contributed by atoms with van der Waals surface area (Å²) in [5.41, 5.74) is 1.96. The first-order valence-electron chi connectivity index (χ1n) is 11.7. The summed E-state index contributed by atoms with van der Waals surface area (Å²) < 4.78 is 10.7. The molecule has 8 heteroatoms. The highest BCUT2D eigenvalue weighted by atomic mass is 127. The van der Waals surface area contributed by atoms with Crippen molar-refractivity contribution in [1.29, 1.82) is 0 Å². The number of guanidine groups is 1. The summed E-state index contributed by atoms with van der Waals surface area (Å²) in [5, 5.41) is 6.51. The molecule has 0 spiro atoms. The molecule has 1 unspecified atom stereocenters. The van der Waals surface area contributed by atoms with Crippen molar-refractivity contribution >= 4 is 41.5 Å². The standard InChI is InChI=1S/C24H38N4O3.HI/c1-3-25-24(28-12-11-20(17-28)18-31-14-13-30-2)26-16-19-7-6-10-22(15-19)27-23(29)21-8-4-5-9-21;/h6-7,10,15,20-21H,3-5,8-9,11-14,16-18H2,1-2H3,(H,25,26)(H,27,29);1H. The Morgan fingerprint density at radius 1 is 1.22 bits per heavy atom. The molecule has 2 fully saturated rings. The number of ether oxygens (including phenoxy) is 2. The maximum Gasteiger partial charge on any atom is 0.227 e. The molecule has 1 aromatic carbocycles. The molecule has 1 saturated heterocycles. The topological polar surface area (TPSA) is 75.2 Å². The predicted octanol–water partition coefficient (Wildman–Crippen LogP) is 3.88. The fraction of sp³-hybridized carbons (Fsp3) is 0.667. The summed E-state index contributed by atoms with van der Waals surface area (Å²) in [6, 6.07) is 8.05. The van der Waals surface area contributed by atoms with E-state index >= 15 is 0 Å². The lowest BCUT2D eigenvalue weighted by atomic mass is 10.1. The zero-order chi connectivity index (χ0) is 21.9. The molecule has 1 heterocycles. The van der Waals surface area contributed by atoms with Gasteiger partial charge in [0.05, 0.1) is 26.4 Å². The minimum atomic E-state index is 0. The van der Waals surface area contributed by atoms with Crippen LogP contribution >= 0.6 is 24.0 Å². The van der Waals surface area contributed by atoms with Crippen LogP contribution in [0.3, 0.4) is 0 Å². The number of carbonyl (C=O) groups excluding carboxylic acids is 1. The lowest BCUT2D eigenvalue weighted by Gasteiger charge is -2.22. The van der Waals surface area contributed by atoms with E-state index in [1.807, 2.05) is 18.2 Å². The number of anilines is 1. The van der Waals surface area contributed by atoms with E-state index in [1.165, 1.54) is 0 Å². The first-order valence-corrected chi connectivity index (χ1v) is 11.7. The van der Waals surface area contributed by atoms with Crippen LogP contribution in [-0.2, 0) is 20.8 Å². The lowest BCUT2D eigenvalue weighted by molar-refractivity contribution is -0.119. The van der Waals surface area contributed by atoms with Crippen molar-refractivity contribution in [3.05, 3.63) is 29.8 Å². The second-order valence-corrected chi connectivity index (χ2v) is 8.51. The van der Waals surface area contributed by atoms with Gasteiger partial charge in [-0.2, -0.15) is 0 Å². The summed E-state index contributed by atoms with van der Waals surface area (Å²) in [5.74, 6) is 1.79. The van der Waals surface area contributed by atoms with Gasteiger partial charge in [0.25, 0.3) is 0 Å². The summed E-state index contributed by atoms with van der Waals surface area (Å²) in [4.78, 5) is 19.6. The van der Waals surface area contributed by atoms with Crippen molar-refractivity contribution in [2.75, 3.05) is 51.9 Å². The number of halogens is 1. The van der Waals surface area contributed by atoms with Gasteiger partial charge in [0.15, 0.2) is 5.96 Å². The molecule has 1 aromatic rings. The molecule has 3 rings (SSSR count). The highest BCUT2D eigenvalue weighted by Crippen LogP contribution is 2.26. The van der Waals surface area contributed by atoms with Crippen molar-refractivity contribution in [1.82, 2.24) is 10.2 Å². The molecule has 1 amide bonds. The number of carbonyl (C=O) groups is 1. The monoisotopic (exact) mass is 558 g/mol. The highest BCUT2D eigenvalue weighted by molar-refractivity contribution is 14.0. The maximum atomic E-state index is 12.4. The molecular weight excluding hydrogens is 519 g/mol. The SMILES string of the molecule is CCNC(=NCc1cccc(NC(=O)C2CCCC2)c1)N1CCC(COCCOC)C1.I. The van der Waals surface area contributed by atoms with E-state index in [1.54, 1.807) is 7.11 Å². The number of hydrogen-bond donors (Lipinski definition) is 2. The highest BCUT2D eigenvalue weighted by Gasteiger charge is 2.25. The quantitative estimate of drug-likeness (QED) is 0.197. The molecule has 2 aliphatic rings. The number of benzene rings is 1. The van der Waals surface area contributed by atoms with Gasteiger partial charge in [-0.1, -0.05) is 25.0 Å². The fourth-order valence-electron chi connectivity index (χ4n) is 4.33. The molecule has 1 atom stereocenters. The third-order valence-electron chi connectivity index (χ3n) is 6.04. The van der Waals surface area contributed by atoms with E-state index in [0.717, 1.165) is 75.6 Å². The average Bonchev–Trinajstić information content (AvgIpc) is 3.47. The first kappa shape index (κ1) is 26.9. The second kappa shape index (κ2) is 14.7. The van der Waals surface area contributed by atoms with E-state index in [-0.39, 0.29) is 35.8 Å². The van der Waals surface area contributed by atoms with Gasteiger partial charge in [-0.15, -0.1) is 24.0 Å². The Morgan fingerprint density at radius 2 is 2.03 bits per heavy atom. The molecule has 7 nitrogen and oxygen atoms in total. The molecule has 2 N–H and O–H groups in total. The first-order chi connectivity index (χ1) is 15.2. The number of hydrogen-bond acceptors (Lipinski definition) is 4. The van der Waals surface area contributed by atoms with Crippen molar-refractivity contribution in [3.63, 3.8) is 0 Å². The molecule has 180 valence electrons. The van der Waals surface area contributed by atoms with Crippen LogP contribution in [0.5, 0.6) is 0 Å². The van der Waals surface area contributed by atoms with Gasteiger partial charge in [-0.25, -0.2) is 4.99 Å². The molecule has 0 bridgehead atoms. The molecule has 1 aliphatic heterocycles. The fourth-order valence-corrected chi connectivity index (χ4v) is 4.33. The van der Waals surface area contributed by atoms with E-state index in [4.69, 9.17) is 14.5 Å². The van der Waals surface area contributed by atoms with E-state index < -0.39 is 0 Å². The van der Waals surface area contributed by atoms with Crippen molar-refractivity contribution in [2.45, 2.75) is 45.6 Å². The van der Waals surface area contributed by atoms with Gasteiger partial charge in [0.2, 0.25) is 5.91 Å². The van der Waals surface area contributed by atoms with Gasteiger partial charge in [-0.05, 0) is 43.9 Å².